The third-order valence-electron chi connectivity index (χ3n) is 3.76. The van der Waals surface area contributed by atoms with Gasteiger partial charge in [0.15, 0.2) is 5.69 Å². The number of carboxylic acid groups (broad SMARTS) is 1. The van der Waals surface area contributed by atoms with Crippen LogP contribution in [0.2, 0.25) is 0 Å². The summed E-state index contributed by atoms with van der Waals surface area (Å²) in [6, 6.07) is 8.59. The molecule has 1 aromatic heterocycles. The van der Waals surface area contributed by atoms with Crippen LogP contribution in [0.4, 0.5) is 0 Å². The van der Waals surface area contributed by atoms with Gasteiger partial charge in [0, 0.05) is 25.1 Å². The summed E-state index contributed by atoms with van der Waals surface area (Å²) in [7, 11) is 0. The number of rotatable bonds is 2. The van der Waals surface area contributed by atoms with E-state index in [1.165, 1.54) is 11.1 Å². The molecule has 1 unspecified atom stereocenters. The SMILES string of the molecule is Cc1ccc(C2CCc3nc(C(=O)O)cn3C2)cc1. The van der Waals surface area contributed by atoms with E-state index in [0.717, 1.165) is 25.2 Å². The molecule has 2 aromatic rings. The van der Waals surface area contributed by atoms with E-state index in [9.17, 15) is 4.79 Å². The number of carboxylic acids is 1. The molecule has 1 aliphatic heterocycles. The fourth-order valence-corrected chi connectivity index (χ4v) is 2.66. The summed E-state index contributed by atoms with van der Waals surface area (Å²) in [6.07, 6.45) is 3.52. The Bertz CT molecular complexity index is 614. The molecule has 0 radical (unpaired) electrons. The molecular formula is C15H16N2O2. The molecule has 0 saturated heterocycles. The van der Waals surface area contributed by atoms with Crippen LogP contribution in [0.15, 0.2) is 30.5 Å². The number of benzene rings is 1. The monoisotopic (exact) mass is 256 g/mol. The molecule has 4 nitrogen and oxygen atoms in total. The number of fused-ring (bicyclic) bond motifs is 1. The highest BCUT2D eigenvalue weighted by atomic mass is 16.4. The van der Waals surface area contributed by atoms with Gasteiger partial charge >= 0.3 is 5.97 Å². The molecule has 2 heterocycles. The molecule has 4 heteroatoms. The maximum atomic E-state index is 10.9. The van der Waals surface area contributed by atoms with Gasteiger partial charge in [0.05, 0.1) is 0 Å². The topological polar surface area (TPSA) is 55.1 Å². The molecule has 0 saturated carbocycles. The van der Waals surface area contributed by atoms with Crippen molar-refractivity contribution in [1.82, 2.24) is 9.55 Å². The summed E-state index contributed by atoms with van der Waals surface area (Å²) in [5.41, 5.74) is 2.73. The maximum absolute atomic E-state index is 10.9. The van der Waals surface area contributed by atoms with Crippen molar-refractivity contribution < 1.29 is 9.90 Å². The Morgan fingerprint density at radius 2 is 2.11 bits per heavy atom. The molecule has 1 atom stereocenters. The summed E-state index contributed by atoms with van der Waals surface area (Å²) in [6.45, 7) is 2.90. The molecule has 0 amide bonds. The minimum atomic E-state index is -0.950. The predicted octanol–water partition coefficient (Wildman–Crippen LogP) is 2.62. The molecule has 0 spiro atoms. The van der Waals surface area contributed by atoms with E-state index >= 15 is 0 Å². The number of aromatic nitrogens is 2. The minimum Gasteiger partial charge on any atom is -0.476 e. The van der Waals surface area contributed by atoms with Crippen LogP contribution >= 0.6 is 0 Å². The van der Waals surface area contributed by atoms with Gasteiger partial charge in [-0.05, 0) is 18.9 Å². The molecule has 0 bridgehead atoms. The quantitative estimate of drug-likeness (QED) is 0.898. The summed E-state index contributed by atoms with van der Waals surface area (Å²) in [4.78, 5) is 15.1. The standard InChI is InChI=1S/C15H16N2O2/c1-10-2-4-11(5-3-10)12-6-7-14-16-13(15(18)19)9-17(14)8-12/h2-5,9,12H,6-8H2,1H3,(H,18,19). The van der Waals surface area contributed by atoms with Gasteiger partial charge in [-0.1, -0.05) is 29.8 Å². The second-order valence-corrected chi connectivity index (χ2v) is 5.15. The first-order valence-corrected chi connectivity index (χ1v) is 6.49. The minimum absolute atomic E-state index is 0.152. The number of aryl methyl sites for hydroxylation is 2. The van der Waals surface area contributed by atoms with Gasteiger partial charge in [0.2, 0.25) is 0 Å². The Morgan fingerprint density at radius 1 is 1.37 bits per heavy atom. The third-order valence-corrected chi connectivity index (χ3v) is 3.76. The van der Waals surface area contributed by atoms with Gasteiger partial charge in [0.25, 0.3) is 0 Å². The Kier molecular flexibility index (Phi) is 2.85. The highest BCUT2D eigenvalue weighted by Crippen LogP contribution is 2.28. The van der Waals surface area contributed by atoms with Gasteiger partial charge in [0.1, 0.15) is 5.82 Å². The maximum Gasteiger partial charge on any atom is 0.356 e. The second-order valence-electron chi connectivity index (χ2n) is 5.15. The van der Waals surface area contributed by atoms with Crippen molar-refractivity contribution in [3.8, 4) is 0 Å². The fourth-order valence-electron chi connectivity index (χ4n) is 2.66. The summed E-state index contributed by atoms with van der Waals surface area (Å²) >= 11 is 0. The lowest BCUT2D eigenvalue weighted by Crippen LogP contribution is -2.18. The van der Waals surface area contributed by atoms with Gasteiger partial charge < -0.3 is 9.67 Å². The molecule has 3 rings (SSSR count). The van der Waals surface area contributed by atoms with Gasteiger partial charge in [-0.2, -0.15) is 0 Å². The van der Waals surface area contributed by atoms with Crippen molar-refractivity contribution in [2.24, 2.45) is 0 Å². The second kappa shape index (κ2) is 4.53. The fraction of sp³-hybridized carbons (Fsp3) is 0.333. The first-order chi connectivity index (χ1) is 9.13. The molecule has 19 heavy (non-hydrogen) atoms. The van der Waals surface area contributed by atoms with Gasteiger partial charge in [-0.15, -0.1) is 0 Å². The van der Waals surface area contributed by atoms with Crippen molar-refractivity contribution >= 4 is 5.97 Å². The number of imidazole rings is 1. The first kappa shape index (κ1) is 12.0. The summed E-state index contributed by atoms with van der Waals surface area (Å²) < 4.78 is 1.98. The van der Waals surface area contributed by atoms with Crippen LogP contribution in [0, 0.1) is 6.92 Å². The summed E-state index contributed by atoms with van der Waals surface area (Å²) in [5.74, 6) is 0.387. The smallest absolute Gasteiger partial charge is 0.356 e. The molecule has 1 N–H and O–H groups in total. The number of nitrogens with zero attached hydrogens (tertiary/aromatic N) is 2. The highest BCUT2D eigenvalue weighted by molar-refractivity contribution is 5.85. The van der Waals surface area contributed by atoms with Crippen molar-refractivity contribution in [1.29, 1.82) is 0 Å². The van der Waals surface area contributed by atoms with Crippen LogP contribution in [0.1, 0.15) is 39.8 Å². The molecule has 1 aromatic carbocycles. The lowest BCUT2D eigenvalue weighted by atomic mass is 9.91. The number of hydrogen-bond donors (Lipinski definition) is 1. The summed E-state index contributed by atoms with van der Waals surface area (Å²) in [5, 5.41) is 8.97. The lowest BCUT2D eigenvalue weighted by molar-refractivity contribution is 0.0691. The number of carbonyl (C=O) groups is 1. The largest absolute Gasteiger partial charge is 0.476 e. The zero-order chi connectivity index (χ0) is 13.4. The van der Waals surface area contributed by atoms with Crippen LogP contribution in [0.25, 0.3) is 0 Å². The van der Waals surface area contributed by atoms with E-state index in [2.05, 4.69) is 36.2 Å². The third kappa shape index (κ3) is 2.26. The Balaban J connectivity index is 1.85. The Morgan fingerprint density at radius 3 is 2.79 bits per heavy atom. The van der Waals surface area contributed by atoms with Crippen LogP contribution in [0.5, 0.6) is 0 Å². The van der Waals surface area contributed by atoms with E-state index < -0.39 is 5.97 Å². The van der Waals surface area contributed by atoms with Gasteiger partial charge in [-0.3, -0.25) is 0 Å². The molecule has 1 aliphatic rings. The lowest BCUT2D eigenvalue weighted by Gasteiger charge is -2.24. The molecular weight excluding hydrogens is 240 g/mol. The zero-order valence-electron chi connectivity index (χ0n) is 10.8. The van der Waals surface area contributed by atoms with Crippen molar-refractivity contribution in [3.63, 3.8) is 0 Å². The average molecular weight is 256 g/mol. The Hall–Kier alpha value is -2.10. The number of aromatic carboxylic acids is 1. The zero-order valence-corrected chi connectivity index (χ0v) is 10.8. The predicted molar refractivity (Wildman–Crippen MR) is 71.4 cm³/mol. The molecule has 0 aliphatic carbocycles. The van der Waals surface area contributed by atoms with Crippen LogP contribution in [-0.4, -0.2) is 20.6 Å². The average Bonchev–Trinajstić information content (AvgIpc) is 2.82. The first-order valence-electron chi connectivity index (χ1n) is 6.49. The van der Waals surface area contributed by atoms with E-state index in [1.54, 1.807) is 6.20 Å². The van der Waals surface area contributed by atoms with E-state index in [4.69, 9.17) is 5.11 Å². The van der Waals surface area contributed by atoms with Crippen molar-refractivity contribution in [3.05, 3.63) is 53.1 Å². The van der Waals surface area contributed by atoms with Crippen LogP contribution in [0.3, 0.4) is 0 Å². The number of hydrogen-bond acceptors (Lipinski definition) is 2. The van der Waals surface area contributed by atoms with E-state index in [0.29, 0.717) is 5.92 Å². The van der Waals surface area contributed by atoms with Crippen molar-refractivity contribution in [2.45, 2.75) is 32.2 Å². The Labute approximate surface area is 111 Å². The van der Waals surface area contributed by atoms with Gasteiger partial charge in [-0.25, -0.2) is 9.78 Å². The highest BCUT2D eigenvalue weighted by Gasteiger charge is 2.23. The van der Waals surface area contributed by atoms with E-state index in [-0.39, 0.29) is 5.69 Å². The van der Waals surface area contributed by atoms with E-state index in [1.807, 2.05) is 4.57 Å². The van der Waals surface area contributed by atoms with Crippen LogP contribution < -0.4 is 0 Å². The normalized spacial score (nSPS) is 18.1. The van der Waals surface area contributed by atoms with Crippen molar-refractivity contribution in [2.75, 3.05) is 0 Å². The molecule has 98 valence electrons. The molecule has 0 fully saturated rings. The van der Waals surface area contributed by atoms with Crippen LogP contribution in [-0.2, 0) is 13.0 Å².